The van der Waals surface area contributed by atoms with Crippen molar-refractivity contribution in [2.45, 2.75) is 57.4 Å². The molecule has 1 atom stereocenters. The van der Waals surface area contributed by atoms with Gasteiger partial charge in [0.05, 0.1) is 5.41 Å². The number of carboxylic acid groups (broad SMARTS) is 1. The molecular weight excluding hydrogens is 274 g/mol. The van der Waals surface area contributed by atoms with Crippen LogP contribution in [0.3, 0.4) is 0 Å². The number of primary amides is 1. The normalized spacial score (nSPS) is 19.3. The molecule has 21 heavy (non-hydrogen) atoms. The van der Waals surface area contributed by atoms with Crippen molar-refractivity contribution in [2.75, 3.05) is 6.54 Å². The van der Waals surface area contributed by atoms with Crippen LogP contribution in [0, 0.1) is 5.41 Å². The van der Waals surface area contributed by atoms with Crippen LogP contribution in [-0.2, 0) is 14.4 Å². The van der Waals surface area contributed by atoms with Crippen LogP contribution in [0.15, 0.2) is 0 Å². The Balaban J connectivity index is 2.73. The van der Waals surface area contributed by atoms with Crippen molar-refractivity contribution < 1.29 is 19.5 Å². The van der Waals surface area contributed by atoms with Crippen LogP contribution >= 0.6 is 0 Å². The molecule has 0 radical (unpaired) electrons. The van der Waals surface area contributed by atoms with E-state index in [0.29, 0.717) is 12.8 Å². The van der Waals surface area contributed by atoms with Gasteiger partial charge in [0, 0.05) is 13.0 Å². The number of carboxylic acids is 1. The van der Waals surface area contributed by atoms with Gasteiger partial charge in [-0.1, -0.05) is 25.7 Å². The molecule has 0 aromatic carbocycles. The highest BCUT2D eigenvalue weighted by atomic mass is 16.4. The maximum Gasteiger partial charge on any atom is 0.326 e. The van der Waals surface area contributed by atoms with Gasteiger partial charge in [-0.3, -0.25) is 9.59 Å². The summed E-state index contributed by atoms with van der Waals surface area (Å²) >= 11 is 0. The Morgan fingerprint density at radius 3 is 2.14 bits per heavy atom. The first-order chi connectivity index (χ1) is 9.91. The van der Waals surface area contributed by atoms with E-state index in [-0.39, 0.29) is 25.3 Å². The van der Waals surface area contributed by atoms with Crippen LogP contribution in [0.1, 0.15) is 51.4 Å². The molecular formula is C14H25N3O4. The molecule has 1 rings (SSSR count). The SMILES string of the molecule is NCC1(C(=O)NC(CCC(N)=O)C(=O)O)CCCCCC1. The summed E-state index contributed by atoms with van der Waals surface area (Å²) in [6.45, 7) is 0.209. The van der Waals surface area contributed by atoms with Crippen molar-refractivity contribution in [1.29, 1.82) is 0 Å². The predicted octanol–water partition coefficient (Wildman–Crippen LogP) is 0.121. The smallest absolute Gasteiger partial charge is 0.326 e. The van der Waals surface area contributed by atoms with Gasteiger partial charge in [-0.05, 0) is 19.3 Å². The minimum absolute atomic E-state index is 0.00292. The van der Waals surface area contributed by atoms with Gasteiger partial charge in [-0.25, -0.2) is 4.79 Å². The van der Waals surface area contributed by atoms with Crippen LogP contribution in [0.5, 0.6) is 0 Å². The Labute approximate surface area is 124 Å². The molecule has 0 heterocycles. The molecule has 1 fully saturated rings. The van der Waals surface area contributed by atoms with Crippen molar-refractivity contribution in [1.82, 2.24) is 5.32 Å². The third-order valence-corrected chi connectivity index (χ3v) is 4.22. The zero-order valence-corrected chi connectivity index (χ0v) is 12.3. The van der Waals surface area contributed by atoms with Gasteiger partial charge in [0.15, 0.2) is 0 Å². The first-order valence-corrected chi connectivity index (χ1v) is 7.43. The summed E-state index contributed by atoms with van der Waals surface area (Å²) < 4.78 is 0. The standard InChI is InChI=1S/C14H25N3O4/c15-9-14(7-3-1-2-4-8-14)13(21)17-10(12(19)20)5-6-11(16)18/h10H,1-9,15H2,(H2,16,18)(H,17,21)(H,19,20). The van der Waals surface area contributed by atoms with Gasteiger partial charge < -0.3 is 21.9 Å². The van der Waals surface area contributed by atoms with Crippen molar-refractivity contribution in [3.05, 3.63) is 0 Å². The van der Waals surface area contributed by atoms with Gasteiger partial charge in [0.2, 0.25) is 11.8 Å². The van der Waals surface area contributed by atoms with Crippen LogP contribution in [0.4, 0.5) is 0 Å². The predicted molar refractivity (Wildman–Crippen MR) is 77.2 cm³/mol. The van der Waals surface area contributed by atoms with Crippen molar-refractivity contribution in [3.8, 4) is 0 Å². The second-order valence-electron chi connectivity index (χ2n) is 5.77. The number of aliphatic carboxylic acids is 1. The molecule has 7 nitrogen and oxygen atoms in total. The summed E-state index contributed by atoms with van der Waals surface area (Å²) in [4.78, 5) is 34.5. The second kappa shape index (κ2) is 7.97. The maximum atomic E-state index is 12.5. The fraction of sp³-hybridized carbons (Fsp3) is 0.786. The molecule has 2 amide bonds. The number of nitrogens with one attached hydrogen (secondary N) is 1. The fourth-order valence-corrected chi connectivity index (χ4v) is 2.78. The van der Waals surface area contributed by atoms with E-state index < -0.39 is 23.3 Å². The van der Waals surface area contributed by atoms with Crippen molar-refractivity contribution in [2.24, 2.45) is 16.9 Å². The van der Waals surface area contributed by atoms with Crippen LogP contribution < -0.4 is 16.8 Å². The Hall–Kier alpha value is -1.63. The first-order valence-electron chi connectivity index (χ1n) is 7.43. The zero-order valence-electron chi connectivity index (χ0n) is 12.3. The largest absolute Gasteiger partial charge is 0.480 e. The van der Waals surface area contributed by atoms with Gasteiger partial charge >= 0.3 is 5.97 Å². The van der Waals surface area contributed by atoms with Gasteiger partial charge in [-0.15, -0.1) is 0 Å². The minimum atomic E-state index is -1.16. The molecule has 1 aliphatic carbocycles. The molecule has 1 saturated carbocycles. The van der Waals surface area contributed by atoms with E-state index >= 15 is 0 Å². The molecule has 120 valence electrons. The monoisotopic (exact) mass is 299 g/mol. The third-order valence-electron chi connectivity index (χ3n) is 4.22. The summed E-state index contributed by atoms with van der Waals surface area (Å²) in [5.74, 6) is -2.06. The molecule has 0 aromatic heterocycles. The Kier molecular flexibility index (Phi) is 6.61. The third kappa shape index (κ3) is 5.00. The molecule has 1 aliphatic rings. The molecule has 1 unspecified atom stereocenters. The van der Waals surface area contributed by atoms with Crippen molar-refractivity contribution in [3.63, 3.8) is 0 Å². The minimum Gasteiger partial charge on any atom is -0.480 e. The van der Waals surface area contributed by atoms with E-state index in [4.69, 9.17) is 16.6 Å². The lowest BCUT2D eigenvalue weighted by Crippen LogP contribution is -2.51. The summed E-state index contributed by atoms with van der Waals surface area (Å²) in [6, 6.07) is -1.10. The Morgan fingerprint density at radius 2 is 1.71 bits per heavy atom. The van der Waals surface area contributed by atoms with Crippen LogP contribution in [0.2, 0.25) is 0 Å². The van der Waals surface area contributed by atoms with Crippen molar-refractivity contribution >= 4 is 17.8 Å². The number of carbonyl (C=O) groups is 3. The lowest BCUT2D eigenvalue weighted by atomic mass is 9.79. The highest BCUT2D eigenvalue weighted by Crippen LogP contribution is 2.34. The Bertz CT molecular complexity index is 390. The van der Waals surface area contributed by atoms with E-state index in [1.165, 1.54) is 0 Å². The maximum absolute atomic E-state index is 12.5. The quantitative estimate of drug-likeness (QED) is 0.495. The number of rotatable bonds is 7. The summed E-state index contributed by atoms with van der Waals surface area (Å²) in [5, 5.41) is 11.7. The fourth-order valence-electron chi connectivity index (χ4n) is 2.78. The molecule has 0 aromatic rings. The first kappa shape index (κ1) is 17.4. The molecule has 0 spiro atoms. The van der Waals surface area contributed by atoms with E-state index in [1.807, 2.05) is 0 Å². The lowest BCUT2D eigenvalue weighted by molar-refractivity contribution is -0.144. The average Bonchev–Trinajstić information content (AvgIpc) is 2.68. The molecule has 7 heteroatoms. The van der Waals surface area contributed by atoms with Gasteiger partial charge in [-0.2, -0.15) is 0 Å². The topological polar surface area (TPSA) is 136 Å². The number of nitrogens with two attached hydrogens (primary N) is 2. The molecule has 0 aliphatic heterocycles. The number of hydrogen-bond donors (Lipinski definition) is 4. The van der Waals surface area contributed by atoms with E-state index in [1.54, 1.807) is 0 Å². The van der Waals surface area contributed by atoms with E-state index in [0.717, 1.165) is 25.7 Å². The van der Waals surface area contributed by atoms with Gasteiger partial charge in [0.1, 0.15) is 6.04 Å². The van der Waals surface area contributed by atoms with Crippen LogP contribution in [-0.4, -0.2) is 35.5 Å². The number of carbonyl (C=O) groups excluding carboxylic acids is 2. The van der Waals surface area contributed by atoms with E-state index in [2.05, 4.69) is 5.32 Å². The summed E-state index contributed by atoms with van der Waals surface area (Å²) in [6.07, 6.45) is 5.25. The highest BCUT2D eigenvalue weighted by Gasteiger charge is 2.38. The number of amides is 2. The second-order valence-corrected chi connectivity index (χ2v) is 5.77. The highest BCUT2D eigenvalue weighted by molar-refractivity contribution is 5.88. The summed E-state index contributed by atoms with van der Waals surface area (Å²) in [5.41, 5.74) is 10.1. The summed E-state index contributed by atoms with van der Waals surface area (Å²) in [7, 11) is 0. The van der Waals surface area contributed by atoms with Crippen LogP contribution in [0.25, 0.3) is 0 Å². The Morgan fingerprint density at radius 1 is 1.14 bits per heavy atom. The molecule has 0 bridgehead atoms. The zero-order chi connectivity index (χ0) is 15.9. The molecule has 0 saturated heterocycles. The van der Waals surface area contributed by atoms with E-state index in [9.17, 15) is 14.4 Å². The van der Waals surface area contributed by atoms with Gasteiger partial charge in [0.25, 0.3) is 0 Å². The molecule has 6 N–H and O–H groups in total. The number of hydrogen-bond acceptors (Lipinski definition) is 4. The lowest BCUT2D eigenvalue weighted by Gasteiger charge is -2.31. The average molecular weight is 299 g/mol.